The first-order valence-electron chi connectivity index (χ1n) is 9.14. The molecule has 5 rings (SSSR count). The Hall–Kier alpha value is -2.64. The first-order chi connectivity index (χ1) is 14.5. The molecule has 30 heavy (non-hydrogen) atoms. The molecule has 3 heterocycles. The fourth-order valence-corrected chi connectivity index (χ4v) is 6.66. The van der Waals surface area contributed by atoms with Gasteiger partial charge in [-0.1, -0.05) is 0 Å². The van der Waals surface area contributed by atoms with Gasteiger partial charge >= 0.3 is 190 Å². The first-order valence-corrected chi connectivity index (χ1v) is 12.1. The summed E-state index contributed by atoms with van der Waals surface area (Å²) in [5, 5.41) is 2.69. The maximum absolute atomic E-state index is 12.5. The van der Waals surface area contributed by atoms with E-state index in [1.54, 1.807) is 24.9 Å². The van der Waals surface area contributed by atoms with Crippen LogP contribution >= 0.6 is 24.0 Å². The zero-order chi connectivity index (χ0) is 20.8. The number of nitrogens with zero attached hydrogens (tertiary/aromatic N) is 2. The Balaban J connectivity index is 1.56. The summed E-state index contributed by atoms with van der Waals surface area (Å²) in [6.45, 7) is 0. The van der Waals surface area contributed by atoms with Gasteiger partial charge in [0, 0.05) is 0 Å². The summed E-state index contributed by atoms with van der Waals surface area (Å²) >= 11 is 6.72. The number of carbonyl (C=O) groups excluding carboxylic acids is 2. The summed E-state index contributed by atoms with van der Waals surface area (Å²) < 4.78 is 2.12. The van der Waals surface area contributed by atoms with E-state index < -0.39 is 5.91 Å². The van der Waals surface area contributed by atoms with E-state index in [0.29, 0.717) is 0 Å². The SMILES string of the molecule is CN1C(=O)/C(=C/c2ccc(N3c4ccccc4Sc4ccccc43)[se]2)C(=O)NC1=S. The number of rotatable bonds is 2. The number of hydrogen-bond donors (Lipinski definition) is 1. The van der Waals surface area contributed by atoms with Crippen LogP contribution in [-0.4, -0.2) is 43.4 Å². The van der Waals surface area contributed by atoms with E-state index in [1.165, 1.54) is 14.7 Å². The van der Waals surface area contributed by atoms with Crippen LogP contribution in [0.2, 0.25) is 0 Å². The van der Waals surface area contributed by atoms with Crippen LogP contribution in [0, 0.1) is 0 Å². The fourth-order valence-electron chi connectivity index (χ4n) is 3.37. The summed E-state index contributed by atoms with van der Waals surface area (Å²) in [4.78, 5) is 30.8. The average molecular weight is 496 g/mol. The Morgan fingerprint density at radius 3 is 2.27 bits per heavy atom. The minimum absolute atomic E-state index is 0.0632. The predicted octanol–water partition coefficient (Wildman–Crippen LogP) is 3.93. The molecule has 2 amide bonds. The Morgan fingerprint density at radius 2 is 1.60 bits per heavy atom. The van der Waals surface area contributed by atoms with E-state index in [4.69, 9.17) is 12.2 Å². The quantitative estimate of drug-likeness (QED) is 0.197. The number of nitrogens with one attached hydrogen (secondary N) is 1. The molecule has 0 saturated carbocycles. The van der Waals surface area contributed by atoms with Gasteiger partial charge in [0.2, 0.25) is 0 Å². The van der Waals surface area contributed by atoms with E-state index in [1.807, 2.05) is 18.2 Å². The third-order valence-electron chi connectivity index (χ3n) is 4.86. The molecule has 0 aliphatic carbocycles. The molecule has 1 aromatic heterocycles. The molecule has 0 atom stereocenters. The Labute approximate surface area is 189 Å². The molecule has 1 saturated heterocycles. The van der Waals surface area contributed by atoms with Gasteiger partial charge in [-0.25, -0.2) is 0 Å². The molecule has 2 aromatic carbocycles. The summed E-state index contributed by atoms with van der Waals surface area (Å²) in [6, 6.07) is 20.8. The van der Waals surface area contributed by atoms with Gasteiger partial charge in [-0.15, -0.1) is 0 Å². The molecule has 1 N–H and O–H groups in total. The monoisotopic (exact) mass is 497 g/mol. The third kappa shape index (κ3) is 3.22. The first kappa shape index (κ1) is 19.3. The molecular weight excluding hydrogens is 481 g/mol. The van der Waals surface area contributed by atoms with Gasteiger partial charge in [-0.05, 0) is 0 Å². The van der Waals surface area contributed by atoms with E-state index in [-0.39, 0.29) is 31.1 Å². The van der Waals surface area contributed by atoms with Crippen LogP contribution in [0.25, 0.3) is 6.08 Å². The number of para-hydroxylation sites is 2. The molecule has 0 bridgehead atoms. The second kappa shape index (κ2) is 7.56. The number of thiocarbonyl (C=S) groups is 1. The second-order valence-electron chi connectivity index (χ2n) is 6.73. The molecule has 2 aliphatic rings. The normalized spacial score (nSPS) is 17.1. The number of likely N-dealkylation sites (N-methyl/N-ethyl adjacent to an activating group) is 1. The van der Waals surface area contributed by atoms with Crippen molar-refractivity contribution >= 4 is 77.4 Å². The van der Waals surface area contributed by atoms with Crippen LogP contribution in [0.3, 0.4) is 0 Å². The number of benzene rings is 2. The van der Waals surface area contributed by atoms with Crippen molar-refractivity contribution in [2.24, 2.45) is 0 Å². The molecule has 148 valence electrons. The average Bonchev–Trinajstić information content (AvgIpc) is 3.21. The molecule has 3 aromatic rings. The van der Waals surface area contributed by atoms with Crippen molar-refractivity contribution in [3.8, 4) is 0 Å². The van der Waals surface area contributed by atoms with Crippen molar-refractivity contribution in [3.63, 3.8) is 0 Å². The molecule has 2 aliphatic heterocycles. The van der Waals surface area contributed by atoms with Crippen LogP contribution in [-0.2, 0) is 9.59 Å². The molecule has 8 heteroatoms. The predicted molar refractivity (Wildman–Crippen MR) is 124 cm³/mol. The van der Waals surface area contributed by atoms with Gasteiger partial charge in [-0.3, -0.25) is 0 Å². The van der Waals surface area contributed by atoms with E-state index >= 15 is 0 Å². The number of fused-ring (bicyclic) bond motifs is 2. The minimum atomic E-state index is -0.446. The van der Waals surface area contributed by atoms with E-state index in [9.17, 15) is 9.59 Å². The molecule has 0 spiro atoms. The van der Waals surface area contributed by atoms with E-state index in [2.05, 4.69) is 52.7 Å². The molecule has 1 fully saturated rings. The maximum atomic E-state index is 12.5. The van der Waals surface area contributed by atoms with Crippen LogP contribution in [0.5, 0.6) is 0 Å². The van der Waals surface area contributed by atoms with Crippen LogP contribution < -0.4 is 10.2 Å². The number of anilines is 3. The van der Waals surface area contributed by atoms with Gasteiger partial charge in [0.15, 0.2) is 0 Å². The van der Waals surface area contributed by atoms with Crippen molar-refractivity contribution in [2.75, 3.05) is 11.9 Å². The molecule has 0 radical (unpaired) electrons. The Kier molecular flexibility index (Phi) is 4.87. The van der Waals surface area contributed by atoms with E-state index in [0.717, 1.165) is 20.4 Å². The zero-order valence-corrected chi connectivity index (χ0v) is 19.1. The summed E-state index contributed by atoms with van der Waals surface area (Å²) in [5.41, 5.74) is 2.41. The van der Waals surface area contributed by atoms with Gasteiger partial charge in [0.05, 0.1) is 0 Å². The van der Waals surface area contributed by atoms with Crippen molar-refractivity contribution in [3.05, 3.63) is 70.7 Å². The van der Waals surface area contributed by atoms with Gasteiger partial charge in [-0.2, -0.15) is 0 Å². The topological polar surface area (TPSA) is 52.7 Å². The number of hydrogen-bond acceptors (Lipinski definition) is 5. The van der Waals surface area contributed by atoms with Crippen molar-refractivity contribution < 1.29 is 9.59 Å². The summed E-state index contributed by atoms with van der Waals surface area (Å²) in [6.07, 6.45) is 1.69. The van der Waals surface area contributed by atoms with Gasteiger partial charge < -0.3 is 0 Å². The molecule has 0 unspecified atom stereocenters. The third-order valence-corrected chi connectivity index (χ3v) is 8.50. The summed E-state index contributed by atoms with van der Waals surface area (Å²) in [7, 11) is 1.56. The Morgan fingerprint density at radius 1 is 0.967 bits per heavy atom. The zero-order valence-electron chi connectivity index (χ0n) is 15.8. The van der Waals surface area contributed by atoms with Crippen molar-refractivity contribution in [1.29, 1.82) is 0 Å². The van der Waals surface area contributed by atoms with Crippen LogP contribution in [0.4, 0.5) is 15.9 Å². The van der Waals surface area contributed by atoms with Crippen molar-refractivity contribution in [2.45, 2.75) is 9.79 Å². The second-order valence-corrected chi connectivity index (χ2v) is 10.5. The standard InChI is InChI=1S/C22H15N3O2S2Se/c1-24-21(27)14(20(26)23-22(24)28)12-13-10-11-19(30-13)25-15-6-2-4-8-17(15)29-18-9-5-3-7-16(18)25/h2-12H,1H3,(H,23,26,28)/b14-12+. The van der Waals surface area contributed by atoms with Crippen molar-refractivity contribution in [1.82, 2.24) is 10.2 Å². The summed E-state index contributed by atoms with van der Waals surface area (Å²) in [5.74, 6) is -0.822. The van der Waals surface area contributed by atoms with Crippen LogP contribution in [0.1, 0.15) is 4.44 Å². The van der Waals surface area contributed by atoms with Gasteiger partial charge in [0.25, 0.3) is 0 Å². The fraction of sp³-hybridized carbons (Fsp3) is 0.0455. The van der Waals surface area contributed by atoms with Crippen LogP contribution in [0.15, 0.2) is 76.0 Å². The molecule has 5 nitrogen and oxygen atoms in total. The molecular formula is C22H15N3O2S2Se. The number of carbonyl (C=O) groups is 2. The Bertz CT molecular complexity index is 1200. The van der Waals surface area contributed by atoms with Gasteiger partial charge in [0.1, 0.15) is 0 Å². The number of amides is 2.